The van der Waals surface area contributed by atoms with Gasteiger partial charge in [0.1, 0.15) is 0 Å². The van der Waals surface area contributed by atoms with Crippen molar-refractivity contribution >= 4 is 22.9 Å². The summed E-state index contributed by atoms with van der Waals surface area (Å²) >= 11 is 7.86. The minimum Gasteiger partial charge on any atom is -0.316 e. The molecule has 1 nitrogen and oxygen atoms in total. The number of nitrogens with one attached hydrogen (secondary N) is 1. The van der Waals surface area contributed by atoms with E-state index in [1.165, 1.54) is 17.5 Å². The minimum absolute atomic E-state index is 0.620. The summed E-state index contributed by atoms with van der Waals surface area (Å²) in [6.45, 7) is 4.36. The van der Waals surface area contributed by atoms with Gasteiger partial charge in [0, 0.05) is 5.02 Å². The highest BCUT2D eigenvalue weighted by Crippen LogP contribution is 2.18. The molecule has 0 spiro atoms. The first kappa shape index (κ1) is 15.6. The normalized spacial score (nSPS) is 12.5. The van der Waals surface area contributed by atoms with Crippen LogP contribution in [0.5, 0.6) is 0 Å². The van der Waals surface area contributed by atoms with Crippen molar-refractivity contribution in [2.45, 2.75) is 26.2 Å². The number of hydrogen-bond donors (Lipinski definition) is 1. The molecule has 0 saturated heterocycles. The molecule has 0 amide bonds. The van der Waals surface area contributed by atoms with Gasteiger partial charge in [0.05, 0.1) is 0 Å². The molecule has 2 rings (SSSR count). The molecule has 1 unspecified atom stereocenters. The molecular formula is C17H22ClNS. The lowest BCUT2D eigenvalue weighted by molar-refractivity contribution is 0.471. The molecule has 108 valence electrons. The summed E-state index contributed by atoms with van der Waals surface area (Å²) in [6, 6.07) is 10.5. The van der Waals surface area contributed by atoms with Gasteiger partial charge in [0.15, 0.2) is 0 Å². The molecular weight excluding hydrogens is 286 g/mol. The predicted molar refractivity (Wildman–Crippen MR) is 89.8 cm³/mol. The van der Waals surface area contributed by atoms with Gasteiger partial charge < -0.3 is 5.32 Å². The molecule has 1 atom stereocenters. The third-order valence-corrected chi connectivity index (χ3v) is 4.34. The number of rotatable bonds is 8. The lowest BCUT2D eigenvalue weighted by Crippen LogP contribution is -2.26. The van der Waals surface area contributed by atoms with Crippen molar-refractivity contribution in [3.63, 3.8) is 0 Å². The standard InChI is InChI=1S/C17H22ClNS/c1-2-7-19-12-16(10-15-6-8-20-13-15)9-14-4-3-5-17(18)11-14/h3-6,8,11,13,16,19H,2,7,9-10,12H2,1H3. The second kappa shape index (κ2) is 8.46. The maximum absolute atomic E-state index is 6.08. The molecule has 0 bridgehead atoms. The Morgan fingerprint density at radius 1 is 1.20 bits per heavy atom. The lowest BCUT2D eigenvalue weighted by atomic mass is 9.93. The summed E-state index contributed by atoms with van der Waals surface area (Å²) in [4.78, 5) is 0. The molecule has 0 aliphatic rings. The zero-order chi connectivity index (χ0) is 14.2. The summed E-state index contributed by atoms with van der Waals surface area (Å²) in [5.74, 6) is 0.620. The first-order valence-electron chi connectivity index (χ1n) is 7.24. The van der Waals surface area contributed by atoms with E-state index < -0.39 is 0 Å². The van der Waals surface area contributed by atoms with Gasteiger partial charge in [-0.1, -0.05) is 30.7 Å². The summed E-state index contributed by atoms with van der Waals surface area (Å²) in [7, 11) is 0. The van der Waals surface area contributed by atoms with Crippen LogP contribution in [0.25, 0.3) is 0 Å². The summed E-state index contributed by atoms with van der Waals surface area (Å²) in [6.07, 6.45) is 3.39. The van der Waals surface area contributed by atoms with Gasteiger partial charge in [0.25, 0.3) is 0 Å². The fourth-order valence-corrected chi connectivity index (χ4v) is 3.33. The van der Waals surface area contributed by atoms with E-state index in [9.17, 15) is 0 Å². The zero-order valence-electron chi connectivity index (χ0n) is 11.9. The van der Waals surface area contributed by atoms with E-state index in [0.717, 1.165) is 31.0 Å². The monoisotopic (exact) mass is 307 g/mol. The van der Waals surface area contributed by atoms with Crippen LogP contribution >= 0.6 is 22.9 Å². The van der Waals surface area contributed by atoms with Crippen LogP contribution in [0.3, 0.4) is 0 Å². The van der Waals surface area contributed by atoms with Gasteiger partial charge >= 0.3 is 0 Å². The molecule has 0 aliphatic heterocycles. The lowest BCUT2D eigenvalue weighted by Gasteiger charge is -2.17. The molecule has 0 radical (unpaired) electrons. The van der Waals surface area contributed by atoms with E-state index in [1.807, 2.05) is 12.1 Å². The number of hydrogen-bond acceptors (Lipinski definition) is 2. The second-order valence-electron chi connectivity index (χ2n) is 5.24. The molecule has 1 aromatic heterocycles. The Morgan fingerprint density at radius 3 is 2.75 bits per heavy atom. The van der Waals surface area contributed by atoms with Gasteiger partial charge in [-0.2, -0.15) is 11.3 Å². The number of thiophene rings is 1. The van der Waals surface area contributed by atoms with E-state index in [1.54, 1.807) is 11.3 Å². The molecule has 1 heterocycles. The zero-order valence-corrected chi connectivity index (χ0v) is 13.5. The third-order valence-electron chi connectivity index (χ3n) is 3.38. The molecule has 0 saturated carbocycles. The highest BCUT2D eigenvalue weighted by Gasteiger charge is 2.11. The average Bonchev–Trinajstić information content (AvgIpc) is 2.92. The molecule has 0 aliphatic carbocycles. The Labute approximate surface area is 131 Å². The van der Waals surface area contributed by atoms with Crippen LogP contribution in [0.4, 0.5) is 0 Å². The Bertz CT molecular complexity index is 495. The highest BCUT2D eigenvalue weighted by molar-refractivity contribution is 7.07. The van der Waals surface area contributed by atoms with E-state index >= 15 is 0 Å². The van der Waals surface area contributed by atoms with Gasteiger partial charge in [0.2, 0.25) is 0 Å². The van der Waals surface area contributed by atoms with Crippen LogP contribution in [0.1, 0.15) is 24.5 Å². The molecule has 1 N–H and O–H groups in total. The van der Waals surface area contributed by atoms with Crippen LogP contribution in [0.15, 0.2) is 41.1 Å². The maximum atomic E-state index is 6.08. The SMILES string of the molecule is CCCNCC(Cc1ccsc1)Cc1cccc(Cl)c1. The quantitative estimate of drug-likeness (QED) is 0.691. The van der Waals surface area contributed by atoms with Crippen LogP contribution in [0, 0.1) is 5.92 Å². The maximum Gasteiger partial charge on any atom is 0.0408 e. The molecule has 2 aromatic rings. The van der Waals surface area contributed by atoms with E-state index in [0.29, 0.717) is 5.92 Å². The first-order valence-corrected chi connectivity index (χ1v) is 8.56. The van der Waals surface area contributed by atoms with E-state index in [-0.39, 0.29) is 0 Å². The Morgan fingerprint density at radius 2 is 2.05 bits per heavy atom. The summed E-state index contributed by atoms with van der Waals surface area (Å²) in [5.41, 5.74) is 2.77. The Balaban J connectivity index is 1.97. The first-order chi connectivity index (χ1) is 9.78. The minimum atomic E-state index is 0.620. The van der Waals surface area contributed by atoms with Crippen molar-refractivity contribution in [3.8, 4) is 0 Å². The Hall–Kier alpha value is -0.830. The predicted octanol–water partition coefficient (Wildman–Crippen LogP) is 4.80. The fourth-order valence-electron chi connectivity index (χ4n) is 2.44. The topological polar surface area (TPSA) is 12.0 Å². The summed E-state index contributed by atoms with van der Waals surface area (Å²) in [5, 5.41) is 8.80. The third kappa shape index (κ3) is 5.28. The van der Waals surface area contributed by atoms with Gasteiger partial charge in [-0.3, -0.25) is 0 Å². The largest absolute Gasteiger partial charge is 0.316 e. The van der Waals surface area contributed by atoms with Crippen molar-refractivity contribution in [2.24, 2.45) is 5.92 Å². The molecule has 0 fully saturated rings. The highest BCUT2D eigenvalue weighted by atomic mass is 35.5. The average molecular weight is 308 g/mol. The smallest absolute Gasteiger partial charge is 0.0408 e. The molecule has 1 aromatic carbocycles. The van der Waals surface area contributed by atoms with Crippen molar-refractivity contribution in [3.05, 3.63) is 57.2 Å². The number of benzene rings is 1. The van der Waals surface area contributed by atoms with Crippen molar-refractivity contribution in [2.75, 3.05) is 13.1 Å². The van der Waals surface area contributed by atoms with E-state index in [2.05, 4.69) is 41.2 Å². The van der Waals surface area contributed by atoms with Crippen LogP contribution in [-0.2, 0) is 12.8 Å². The van der Waals surface area contributed by atoms with E-state index in [4.69, 9.17) is 11.6 Å². The van der Waals surface area contributed by atoms with Crippen molar-refractivity contribution in [1.82, 2.24) is 5.32 Å². The van der Waals surface area contributed by atoms with Crippen molar-refractivity contribution < 1.29 is 0 Å². The van der Waals surface area contributed by atoms with Crippen LogP contribution in [-0.4, -0.2) is 13.1 Å². The fraction of sp³-hybridized carbons (Fsp3) is 0.412. The van der Waals surface area contributed by atoms with Gasteiger partial charge in [-0.25, -0.2) is 0 Å². The molecule has 3 heteroatoms. The van der Waals surface area contributed by atoms with Gasteiger partial charge in [-0.05, 0) is 78.4 Å². The van der Waals surface area contributed by atoms with Crippen LogP contribution < -0.4 is 5.32 Å². The van der Waals surface area contributed by atoms with Crippen molar-refractivity contribution in [1.29, 1.82) is 0 Å². The Kier molecular flexibility index (Phi) is 6.58. The van der Waals surface area contributed by atoms with Gasteiger partial charge in [-0.15, -0.1) is 0 Å². The molecule has 20 heavy (non-hydrogen) atoms. The second-order valence-corrected chi connectivity index (χ2v) is 6.46. The summed E-state index contributed by atoms with van der Waals surface area (Å²) < 4.78 is 0. The number of halogens is 1. The van der Waals surface area contributed by atoms with Crippen LogP contribution in [0.2, 0.25) is 5.02 Å².